The van der Waals surface area contributed by atoms with E-state index in [9.17, 15) is 9.50 Å². The van der Waals surface area contributed by atoms with Crippen LogP contribution < -0.4 is 0 Å². The molecule has 1 rings (SSSR count). The number of aliphatic hydroxyl groups is 2. The molecule has 84 valence electrons. The van der Waals surface area contributed by atoms with E-state index in [1.807, 2.05) is 0 Å². The van der Waals surface area contributed by atoms with Gasteiger partial charge in [0.1, 0.15) is 5.82 Å². The van der Waals surface area contributed by atoms with Crippen molar-refractivity contribution < 1.29 is 14.6 Å². The summed E-state index contributed by atoms with van der Waals surface area (Å²) >= 11 is 3.24. The molecule has 0 spiro atoms. The molecule has 0 fully saturated rings. The average molecular weight is 277 g/mol. The third-order valence-electron chi connectivity index (χ3n) is 2.17. The van der Waals surface area contributed by atoms with Gasteiger partial charge in [-0.25, -0.2) is 4.39 Å². The maximum absolute atomic E-state index is 12.8. The standard InChI is InChI=1S/C11H14BrFO2/c12-11-7-9(13)4-3-8(11)6-10(15)2-1-5-14/h3-4,7,10,14-15H,1-2,5-6H2. The van der Waals surface area contributed by atoms with E-state index in [0.717, 1.165) is 5.56 Å². The molecule has 0 amide bonds. The summed E-state index contributed by atoms with van der Waals surface area (Å²) in [6.07, 6.45) is 1.13. The van der Waals surface area contributed by atoms with Gasteiger partial charge in [-0.1, -0.05) is 22.0 Å². The summed E-state index contributed by atoms with van der Waals surface area (Å²) in [4.78, 5) is 0. The van der Waals surface area contributed by atoms with Crippen LogP contribution in [0.1, 0.15) is 18.4 Å². The summed E-state index contributed by atoms with van der Waals surface area (Å²) in [6, 6.07) is 4.41. The topological polar surface area (TPSA) is 40.5 Å². The molecular weight excluding hydrogens is 263 g/mol. The third kappa shape index (κ3) is 4.28. The lowest BCUT2D eigenvalue weighted by atomic mass is 10.0. The van der Waals surface area contributed by atoms with Gasteiger partial charge in [-0.15, -0.1) is 0 Å². The van der Waals surface area contributed by atoms with E-state index in [1.165, 1.54) is 12.1 Å². The van der Waals surface area contributed by atoms with Gasteiger partial charge >= 0.3 is 0 Å². The molecule has 1 atom stereocenters. The van der Waals surface area contributed by atoms with Gasteiger partial charge in [0, 0.05) is 11.1 Å². The Morgan fingerprint density at radius 3 is 2.73 bits per heavy atom. The molecule has 1 aromatic rings. The van der Waals surface area contributed by atoms with E-state index < -0.39 is 6.10 Å². The molecule has 2 nitrogen and oxygen atoms in total. The molecule has 1 aromatic carbocycles. The van der Waals surface area contributed by atoms with Gasteiger partial charge in [0.05, 0.1) is 6.10 Å². The van der Waals surface area contributed by atoms with Gasteiger partial charge in [0.2, 0.25) is 0 Å². The molecule has 15 heavy (non-hydrogen) atoms. The summed E-state index contributed by atoms with van der Waals surface area (Å²) in [6.45, 7) is 0.0850. The Labute approximate surface area is 96.9 Å². The molecule has 4 heteroatoms. The predicted octanol–water partition coefficient (Wildman–Crippen LogP) is 2.26. The molecule has 0 radical (unpaired) electrons. The zero-order chi connectivity index (χ0) is 11.3. The van der Waals surface area contributed by atoms with Crippen LogP contribution in [0.3, 0.4) is 0 Å². The van der Waals surface area contributed by atoms with E-state index in [4.69, 9.17) is 5.11 Å². The van der Waals surface area contributed by atoms with Crippen LogP contribution in [0.2, 0.25) is 0 Å². The van der Waals surface area contributed by atoms with Crippen molar-refractivity contribution in [2.45, 2.75) is 25.4 Å². The van der Waals surface area contributed by atoms with Crippen molar-refractivity contribution in [2.75, 3.05) is 6.61 Å². The molecule has 0 saturated carbocycles. The highest BCUT2D eigenvalue weighted by Gasteiger charge is 2.08. The van der Waals surface area contributed by atoms with Gasteiger partial charge in [0.25, 0.3) is 0 Å². The van der Waals surface area contributed by atoms with Gasteiger partial charge in [-0.3, -0.25) is 0 Å². The number of benzene rings is 1. The van der Waals surface area contributed by atoms with Crippen molar-refractivity contribution in [1.29, 1.82) is 0 Å². The molecule has 0 aromatic heterocycles. The minimum atomic E-state index is -0.487. The van der Waals surface area contributed by atoms with Crippen molar-refractivity contribution in [3.8, 4) is 0 Å². The van der Waals surface area contributed by atoms with Crippen LogP contribution in [0.5, 0.6) is 0 Å². The highest BCUT2D eigenvalue weighted by molar-refractivity contribution is 9.10. The molecule has 0 aliphatic carbocycles. The van der Waals surface area contributed by atoms with Crippen LogP contribution in [0.15, 0.2) is 22.7 Å². The lowest BCUT2D eigenvalue weighted by Crippen LogP contribution is -2.11. The third-order valence-corrected chi connectivity index (χ3v) is 2.90. The fourth-order valence-corrected chi connectivity index (χ4v) is 1.88. The Balaban J connectivity index is 2.56. The smallest absolute Gasteiger partial charge is 0.124 e. The normalized spacial score (nSPS) is 12.8. The molecule has 0 bridgehead atoms. The molecule has 0 heterocycles. The quantitative estimate of drug-likeness (QED) is 0.866. The highest BCUT2D eigenvalue weighted by Crippen LogP contribution is 2.20. The maximum Gasteiger partial charge on any atom is 0.124 e. The van der Waals surface area contributed by atoms with Crippen molar-refractivity contribution >= 4 is 15.9 Å². The van der Waals surface area contributed by atoms with Crippen molar-refractivity contribution in [1.82, 2.24) is 0 Å². The second-order valence-corrected chi connectivity index (χ2v) is 4.31. The summed E-state index contributed by atoms with van der Waals surface area (Å²) in [7, 11) is 0. The van der Waals surface area contributed by atoms with Crippen molar-refractivity contribution in [3.63, 3.8) is 0 Å². The van der Waals surface area contributed by atoms with Crippen LogP contribution in [0.25, 0.3) is 0 Å². The monoisotopic (exact) mass is 276 g/mol. The Morgan fingerprint density at radius 2 is 2.13 bits per heavy atom. The van der Waals surface area contributed by atoms with Crippen LogP contribution in [0.4, 0.5) is 4.39 Å². The van der Waals surface area contributed by atoms with Crippen LogP contribution in [-0.4, -0.2) is 22.9 Å². The van der Waals surface area contributed by atoms with E-state index in [1.54, 1.807) is 6.07 Å². The van der Waals surface area contributed by atoms with Crippen LogP contribution in [-0.2, 0) is 6.42 Å². The molecule has 1 unspecified atom stereocenters. The Kier molecular flexibility index (Phi) is 5.22. The Hall–Kier alpha value is -0.450. The van der Waals surface area contributed by atoms with Crippen molar-refractivity contribution in [2.24, 2.45) is 0 Å². The fraction of sp³-hybridized carbons (Fsp3) is 0.455. The zero-order valence-electron chi connectivity index (χ0n) is 8.29. The first-order valence-corrected chi connectivity index (χ1v) is 5.65. The van der Waals surface area contributed by atoms with Gasteiger partial charge < -0.3 is 10.2 Å². The first kappa shape index (κ1) is 12.6. The van der Waals surface area contributed by atoms with Crippen LogP contribution in [0, 0.1) is 5.82 Å². The SMILES string of the molecule is OCCCC(O)Cc1ccc(F)cc1Br. The second kappa shape index (κ2) is 6.20. The van der Waals surface area contributed by atoms with E-state index in [0.29, 0.717) is 23.7 Å². The molecule has 2 N–H and O–H groups in total. The number of halogens is 2. The molecule has 0 aliphatic heterocycles. The zero-order valence-corrected chi connectivity index (χ0v) is 9.87. The molecule has 0 aliphatic rings. The summed E-state index contributed by atoms with van der Waals surface area (Å²) in [5.74, 6) is -0.296. The molecular formula is C11H14BrFO2. The second-order valence-electron chi connectivity index (χ2n) is 3.46. The summed E-state index contributed by atoms with van der Waals surface area (Å²) in [5.41, 5.74) is 0.877. The van der Waals surface area contributed by atoms with Crippen LogP contribution >= 0.6 is 15.9 Å². The van der Waals surface area contributed by atoms with E-state index in [-0.39, 0.29) is 12.4 Å². The number of aliphatic hydroxyl groups excluding tert-OH is 2. The van der Waals surface area contributed by atoms with E-state index >= 15 is 0 Å². The summed E-state index contributed by atoms with van der Waals surface area (Å²) < 4.78 is 13.4. The van der Waals surface area contributed by atoms with Gasteiger partial charge in [0.15, 0.2) is 0 Å². The lowest BCUT2D eigenvalue weighted by molar-refractivity contribution is 0.150. The fourth-order valence-electron chi connectivity index (χ4n) is 1.37. The van der Waals surface area contributed by atoms with Gasteiger partial charge in [-0.2, -0.15) is 0 Å². The summed E-state index contributed by atoms with van der Waals surface area (Å²) in [5, 5.41) is 18.2. The minimum absolute atomic E-state index is 0.0850. The minimum Gasteiger partial charge on any atom is -0.396 e. The average Bonchev–Trinajstić information content (AvgIpc) is 2.19. The van der Waals surface area contributed by atoms with Gasteiger partial charge in [-0.05, 0) is 37.0 Å². The first-order valence-electron chi connectivity index (χ1n) is 4.86. The number of hydrogen-bond acceptors (Lipinski definition) is 2. The Bertz CT molecular complexity index is 317. The number of rotatable bonds is 5. The Morgan fingerprint density at radius 1 is 1.40 bits per heavy atom. The van der Waals surface area contributed by atoms with Crippen molar-refractivity contribution in [3.05, 3.63) is 34.1 Å². The largest absolute Gasteiger partial charge is 0.396 e. The highest BCUT2D eigenvalue weighted by atomic mass is 79.9. The molecule has 0 saturated heterocycles. The predicted molar refractivity (Wildman–Crippen MR) is 60.1 cm³/mol. The first-order chi connectivity index (χ1) is 7.13. The number of hydrogen-bond donors (Lipinski definition) is 2. The lowest BCUT2D eigenvalue weighted by Gasteiger charge is -2.11. The van der Waals surface area contributed by atoms with E-state index in [2.05, 4.69) is 15.9 Å². The maximum atomic E-state index is 12.8.